The van der Waals surface area contributed by atoms with Crippen LogP contribution in [0.15, 0.2) is 29.2 Å². The topological polar surface area (TPSA) is 136 Å². The van der Waals surface area contributed by atoms with E-state index in [1.165, 1.54) is 33.5 Å². The highest BCUT2D eigenvalue weighted by molar-refractivity contribution is 7.89. The Bertz CT molecular complexity index is 895. The van der Waals surface area contributed by atoms with Crippen molar-refractivity contribution >= 4 is 21.8 Å². The van der Waals surface area contributed by atoms with Crippen molar-refractivity contribution in [1.29, 1.82) is 0 Å². The van der Waals surface area contributed by atoms with Gasteiger partial charge in [0.1, 0.15) is 5.60 Å². The number of amides is 1. The molecule has 11 heteroatoms. The van der Waals surface area contributed by atoms with Crippen LogP contribution in [-0.4, -0.2) is 66.5 Å². The molecule has 1 atom stereocenters. The Kier molecular flexibility index (Phi) is 11.4. The smallest absolute Gasteiger partial charge is 0.410 e. The lowest BCUT2D eigenvalue weighted by Crippen LogP contribution is -2.44. The van der Waals surface area contributed by atoms with Crippen LogP contribution in [0.2, 0.25) is 0 Å². The van der Waals surface area contributed by atoms with Gasteiger partial charge in [-0.2, -0.15) is 4.31 Å². The summed E-state index contributed by atoms with van der Waals surface area (Å²) in [6.45, 7) is 13.2. The van der Waals surface area contributed by atoms with Gasteiger partial charge in [-0.25, -0.2) is 13.2 Å². The maximum atomic E-state index is 13.3. The van der Waals surface area contributed by atoms with Crippen LogP contribution in [0, 0.1) is 16.0 Å². The summed E-state index contributed by atoms with van der Waals surface area (Å²) in [5.74, 6) is 0.294. The summed E-state index contributed by atoms with van der Waals surface area (Å²) in [5, 5.41) is 10.9. The van der Waals surface area contributed by atoms with Crippen molar-refractivity contribution in [3.63, 3.8) is 0 Å². The van der Waals surface area contributed by atoms with Crippen LogP contribution in [-0.2, 0) is 14.8 Å². The van der Waals surface area contributed by atoms with E-state index in [9.17, 15) is 23.3 Å². The summed E-state index contributed by atoms with van der Waals surface area (Å²) >= 11 is 0. The molecule has 1 aliphatic heterocycles. The van der Waals surface area contributed by atoms with E-state index in [1.807, 2.05) is 13.8 Å². The molecule has 34 heavy (non-hydrogen) atoms. The lowest BCUT2D eigenvalue weighted by molar-refractivity contribution is -0.384. The fraction of sp³-hybridized carbons (Fsp3) is 0.696. The number of nitro groups is 1. The number of likely N-dealkylation sites (tertiary alicyclic amines) is 1. The van der Waals surface area contributed by atoms with Crippen LogP contribution in [0.4, 0.5) is 10.5 Å². The second-order valence-electron chi connectivity index (χ2n) is 9.71. The fourth-order valence-electron chi connectivity index (χ4n) is 3.23. The molecule has 1 saturated heterocycles. The van der Waals surface area contributed by atoms with Gasteiger partial charge in [-0.1, -0.05) is 20.8 Å². The number of hydrogen-bond acceptors (Lipinski definition) is 7. The summed E-state index contributed by atoms with van der Waals surface area (Å²) in [4.78, 5) is 24.2. The molecule has 2 N–H and O–H groups in total. The first-order valence-electron chi connectivity index (χ1n) is 11.7. The van der Waals surface area contributed by atoms with Crippen molar-refractivity contribution in [2.45, 2.75) is 77.3 Å². The third-order valence-electron chi connectivity index (χ3n) is 5.09. The van der Waals surface area contributed by atoms with Crippen LogP contribution >= 0.6 is 0 Å². The van der Waals surface area contributed by atoms with Gasteiger partial charge in [-0.15, -0.1) is 0 Å². The van der Waals surface area contributed by atoms with Crippen LogP contribution in [0.1, 0.15) is 60.8 Å². The van der Waals surface area contributed by atoms with Gasteiger partial charge in [-0.05, 0) is 64.6 Å². The molecule has 1 fully saturated rings. The molecule has 0 aliphatic carbocycles. The van der Waals surface area contributed by atoms with Crippen LogP contribution in [0.5, 0.6) is 0 Å². The largest absolute Gasteiger partial charge is 0.444 e. The Morgan fingerprint density at radius 3 is 2.29 bits per heavy atom. The minimum Gasteiger partial charge on any atom is -0.444 e. The molecule has 0 bridgehead atoms. The van der Waals surface area contributed by atoms with E-state index in [-0.39, 0.29) is 23.2 Å². The molecule has 1 aromatic rings. The van der Waals surface area contributed by atoms with Crippen LogP contribution < -0.4 is 5.73 Å². The number of nitrogens with zero attached hydrogens (tertiary/aromatic N) is 3. The summed E-state index contributed by atoms with van der Waals surface area (Å²) in [5.41, 5.74) is 4.23. The van der Waals surface area contributed by atoms with Gasteiger partial charge in [0.15, 0.2) is 0 Å². The molecule has 0 spiro atoms. The average molecular weight is 501 g/mol. The van der Waals surface area contributed by atoms with E-state index in [2.05, 4.69) is 6.92 Å². The molecule has 1 aromatic carbocycles. The molecule has 0 saturated carbocycles. The van der Waals surface area contributed by atoms with Gasteiger partial charge < -0.3 is 15.4 Å². The Morgan fingerprint density at radius 2 is 1.85 bits per heavy atom. The third kappa shape index (κ3) is 9.19. The average Bonchev–Trinajstić information content (AvgIpc) is 3.22. The summed E-state index contributed by atoms with van der Waals surface area (Å²) < 4.78 is 33.5. The summed E-state index contributed by atoms with van der Waals surface area (Å²) in [6.07, 6.45) is 1.81. The van der Waals surface area contributed by atoms with Crippen LogP contribution in [0.25, 0.3) is 0 Å². The molecule has 194 valence electrons. The predicted octanol–water partition coefficient (Wildman–Crippen LogP) is 4.00. The highest BCUT2D eigenvalue weighted by atomic mass is 32.2. The standard InChI is InChI=1S/C20H31N3O6S.C3H9N/c1-15(2)10-13-22(17-11-12-21(14-17)19(24)29-20(3,4)5)30(27,28)18-8-6-16(7-9-18)23(25)26;1-2-3-4/h6-9,15,17H,10-14H2,1-5H3;2-4H2,1H3. The molecule has 0 radical (unpaired) electrons. The van der Waals surface area contributed by atoms with E-state index in [0.717, 1.165) is 13.0 Å². The van der Waals surface area contributed by atoms with Crippen molar-refractivity contribution in [3.8, 4) is 0 Å². The summed E-state index contributed by atoms with van der Waals surface area (Å²) in [6, 6.07) is 4.52. The number of non-ortho nitro benzene ring substituents is 1. The molecule has 1 aliphatic rings. The number of nitrogens with two attached hydrogens (primary N) is 1. The van der Waals surface area contributed by atoms with Gasteiger partial charge in [0, 0.05) is 37.8 Å². The first-order chi connectivity index (χ1) is 15.7. The number of carbonyl (C=O) groups excluding carboxylic acids is 1. The third-order valence-corrected chi connectivity index (χ3v) is 7.06. The number of carbonyl (C=O) groups is 1. The van der Waals surface area contributed by atoms with Gasteiger partial charge in [0.2, 0.25) is 10.0 Å². The molecule has 0 aromatic heterocycles. The number of sulfonamides is 1. The van der Waals surface area contributed by atoms with Gasteiger partial charge >= 0.3 is 6.09 Å². The minimum atomic E-state index is -3.87. The van der Waals surface area contributed by atoms with Crippen molar-refractivity contribution in [2.24, 2.45) is 11.7 Å². The number of nitro benzene ring substituents is 1. The van der Waals surface area contributed by atoms with E-state index >= 15 is 0 Å². The Morgan fingerprint density at radius 1 is 1.29 bits per heavy atom. The zero-order valence-electron chi connectivity index (χ0n) is 21.2. The molecule has 2 rings (SSSR count). The molecular formula is C23H40N4O6S. The SMILES string of the molecule is CC(C)CCN(C1CCN(C(=O)OC(C)(C)C)C1)S(=O)(=O)c1ccc([N+](=O)[O-])cc1.CCCN. The Hall–Kier alpha value is -2.24. The van der Waals surface area contributed by atoms with Crippen molar-refractivity contribution in [3.05, 3.63) is 34.4 Å². The van der Waals surface area contributed by atoms with Gasteiger partial charge in [0.25, 0.3) is 5.69 Å². The van der Waals surface area contributed by atoms with E-state index in [4.69, 9.17) is 10.5 Å². The second-order valence-corrected chi connectivity index (χ2v) is 11.6. The van der Waals surface area contributed by atoms with E-state index < -0.39 is 26.6 Å². The number of ether oxygens (including phenoxy) is 1. The Balaban J connectivity index is 0.00000133. The van der Waals surface area contributed by atoms with E-state index in [1.54, 1.807) is 20.8 Å². The quantitative estimate of drug-likeness (QED) is 0.421. The van der Waals surface area contributed by atoms with Crippen molar-refractivity contribution < 1.29 is 22.9 Å². The maximum absolute atomic E-state index is 13.3. The number of rotatable bonds is 8. The summed E-state index contributed by atoms with van der Waals surface area (Å²) in [7, 11) is -3.87. The normalized spacial score (nSPS) is 16.4. The van der Waals surface area contributed by atoms with Crippen molar-refractivity contribution in [1.82, 2.24) is 9.21 Å². The lowest BCUT2D eigenvalue weighted by atomic mass is 10.1. The van der Waals surface area contributed by atoms with Gasteiger partial charge in [0.05, 0.1) is 9.82 Å². The molecule has 1 heterocycles. The molecular weight excluding hydrogens is 460 g/mol. The van der Waals surface area contributed by atoms with Crippen LogP contribution in [0.3, 0.4) is 0 Å². The first kappa shape index (κ1) is 29.8. The number of hydrogen-bond donors (Lipinski definition) is 1. The van der Waals surface area contributed by atoms with E-state index in [0.29, 0.717) is 31.8 Å². The monoisotopic (exact) mass is 500 g/mol. The molecule has 10 nitrogen and oxygen atoms in total. The van der Waals surface area contributed by atoms with Gasteiger partial charge in [-0.3, -0.25) is 10.1 Å². The van der Waals surface area contributed by atoms with Crippen molar-refractivity contribution in [2.75, 3.05) is 26.2 Å². The molecule has 1 amide bonds. The predicted molar refractivity (Wildman–Crippen MR) is 132 cm³/mol. The fourth-order valence-corrected chi connectivity index (χ4v) is 4.89. The second kappa shape index (κ2) is 13.0. The Labute approximate surface area is 203 Å². The zero-order chi connectivity index (χ0) is 26.1. The maximum Gasteiger partial charge on any atom is 0.410 e. The lowest BCUT2D eigenvalue weighted by Gasteiger charge is -2.29. The first-order valence-corrected chi connectivity index (χ1v) is 13.1. The highest BCUT2D eigenvalue weighted by Gasteiger charge is 2.38. The zero-order valence-corrected chi connectivity index (χ0v) is 22.0. The minimum absolute atomic E-state index is 0.00701. The highest BCUT2D eigenvalue weighted by Crippen LogP contribution is 2.27. The molecule has 1 unspecified atom stereocenters. The number of benzene rings is 1.